The second-order valence-electron chi connectivity index (χ2n) is 6.17. The van der Waals surface area contributed by atoms with Crippen LogP contribution in [0.5, 0.6) is 0 Å². The van der Waals surface area contributed by atoms with Gasteiger partial charge in [-0.3, -0.25) is 0 Å². The van der Waals surface area contributed by atoms with Crippen LogP contribution < -0.4 is 4.72 Å². The van der Waals surface area contributed by atoms with Gasteiger partial charge in [-0.1, -0.05) is 38.3 Å². The summed E-state index contributed by atoms with van der Waals surface area (Å²) in [7, 11) is -3.46. The minimum atomic E-state index is -3.46. The van der Waals surface area contributed by atoms with Crippen molar-refractivity contribution in [2.75, 3.05) is 6.54 Å². The molecule has 114 valence electrons. The summed E-state index contributed by atoms with van der Waals surface area (Å²) in [4.78, 5) is 0.267. The molecule has 2 rings (SSSR count). The van der Waals surface area contributed by atoms with E-state index in [0.717, 1.165) is 18.4 Å². The molecule has 0 unspecified atom stereocenters. The van der Waals surface area contributed by atoms with Gasteiger partial charge >= 0.3 is 0 Å². The number of hydrogen-bond donors (Lipinski definition) is 1. The molecule has 1 aliphatic carbocycles. The average Bonchev–Trinajstić information content (AvgIpc) is 2.47. The highest BCUT2D eigenvalue weighted by Crippen LogP contribution is 2.35. The van der Waals surface area contributed by atoms with Crippen LogP contribution in [0.4, 0.5) is 0 Å². The molecule has 21 heavy (non-hydrogen) atoms. The summed E-state index contributed by atoms with van der Waals surface area (Å²) in [6.45, 7) is 2.65. The van der Waals surface area contributed by atoms with Gasteiger partial charge in [0.05, 0.1) is 17.4 Å². The zero-order chi connectivity index (χ0) is 15.3. The highest BCUT2D eigenvalue weighted by Gasteiger charge is 2.28. The zero-order valence-electron chi connectivity index (χ0n) is 12.4. The molecule has 1 N–H and O–H groups in total. The van der Waals surface area contributed by atoms with Gasteiger partial charge in [-0.15, -0.1) is 0 Å². The SMILES string of the molecule is CC1(CNS(=O)(=O)c2ccc(CC#N)cc2)CCCCC1. The van der Waals surface area contributed by atoms with Crippen molar-refractivity contribution in [1.29, 1.82) is 5.26 Å². The Kier molecular flexibility index (Phi) is 5.02. The van der Waals surface area contributed by atoms with E-state index in [0.29, 0.717) is 13.0 Å². The summed E-state index contributed by atoms with van der Waals surface area (Å²) in [5, 5.41) is 8.63. The van der Waals surface area contributed by atoms with Gasteiger partial charge in [0, 0.05) is 6.54 Å². The molecule has 0 bridgehead atoms. The van der Waals surface area contributed by atoms with Crippen LogP contribution in [-0.4, -0.2) is 15.0 Å². The van der Waals surface area contributed by atoms with E-state index in [-0.39, 0.29) is 10.3 Å². The summed E-state index contributed by atoms with van der Waals surface area (Å²) >= 11 is 0. The second kappa shape index (κ2) is 6.59. The van der Waals surface area contributed by atoms with Crippen molar-refractivity contribution < 1.29 is 8.42 Å². The Morgan fingerprint density at radius 3 is 2.38 bits per heavy atom. The van der Waals surface area contributed by atoms with E-state index in [2.05, 4.69) is 17.7 Å². The Morgan fingerprint density at radius 1 is 1.19 bits per heavy atom. The Balaban J connectivity index is 2.02. The lowest BCUT2D eigenvalue weighted by Crippen LogP contribution is -2.37. The standard InChI is InChI=1S/C16H22N2O2S/c1-16(10-3-2-4-11-16)13-18-21(19,20)15-7-5-14(6-8-15)9-12-17/h5-8,18H,2-4,9-11,13H2,1H3. The molecule has 0 aliphatic heterocycles. The highest BCUT2D eigenvalue weighted by molar-refractivity contribution is 7.89. The molecule has 4 nitrogen and oxygen atoms in total. The van der Waals surface area contributed by atoms with Crippen LogP contribution in [0.3, 0.4) is 0 Å². The number of sulfonamides is 1. The van der Waals surface area contributed by atoms with Gasteiger partial charge in [0.1, 0.15) is 0 Å². The van der Waals surface area contributed by atoms with Crippen LogP contribution in [0.2, 0.25) is 0 Å². The van der Waals surface area contributed by atoms with Gasteiger partial charge in [0.2, 0.25) is 10.0 Å². The van der Waals surface area contributed by atoms with E-state index >= 15 is 0 Å². The van der Waals surface area contributed by atoms with E-state index in [1.807, 2.05) is 0 Å². The molecule has 0 saturated heterocycles. The van der Waals surface area contributed by atoms with Crippen molar-refractivity contribution in [3.05, 3.63) is 29.8 Å². The van der Waals surface area contributed by atoms with Crippen LogP contribution in [0.15, 0.2) is 29.2 Å². The number of rotatable bonds is 5. The first kappa shape index (κ1) is 16.0. The summed E-state index contributed by atoms with van der Waals surface area (Å²) in [5.41, 5.74) is 0.905. The largest absolute Gasteiger partial charge is 0.240 e. The number of nitrogens with one attached hydrogen (secondary N) is 1. The quantitative estimate of drug-likeness (QED) is 0.909. The highest BCUT2D eigenvalue weighted by atomic mass is 32.2. The van der Waals surface area contributed by atoms with Gasteiger partial charge in [-0.05, 0) is 36.0 Å². The van der Waals surface area contributed by atoms with E-state index < -0.39 is 10.0 Å². The van der Waals surface area contributed by atoms with Crippen LogP contribution in [0.1, 0.15) is 44.6 Å². The fourth-order valence-electron chi connectivity index (χ4n) is 2.81. The van der Waals surface area contributed by atoms with E-state index in [9.17, 15) is 8.42 Å². The van der Waals surface area contributed by atoms with Crippen molar-refractivity contribution in [2.45, 2.75) is 50.3 Å². The van der Waals surface area contributed by atoms with E-state index in [1.54, 1.807) is 24.3 Å². The first-order valence-electron chi connectivity index (χ1n) is 7.41. The third-order valence-electron chi connectivity index (χ3n) is 4.27. The van der Waals surface area contributed by atoms with Gasteiger partial charge in [0.15, 0.2) is 0 Å². The van der Waals surface area contributed by atoms with E-state index in [1.165, 1.54) is 19.3 Å². The first-order valence-corrected chi connectivity index (χ1v) is 8.89. The molecule has 1 saturated carbocycles. The van der Waals surface area contributed by atoms with Gasteiger partial charge in [0.25, 0.3) is 0 Å². The van der Waals surface area contributed by atoms with Gasteiger partial charge in [-0.25, -0.2) is 13.1 Å². The third kappa shape index (κ3) is 4.29. The molecular formula is C16H22N2O2S. The molecule has 1 aliphatic rings. The van der Waals surface area contributed by atoms with Crippen molar-refractivity contribution >= 4 is 10.0 Å². The molecule has 0 spiro atoms. The summed E-state index contributed by atoms with van der Waals surface area (Å²) < 4.78 is 27.4. The zero-order valence-corrected chi connectivity index (χ0v) is 13.2. The molecule has 0 heterocycles. The van der Waals surface area contributed by atoms with E-state index in [4.69, 9.17) is 5.26 Å². The lowest BCUT2D eigenvalue weighted by Gasteiger charge is -2.33. The molecule has 1 aromatic rings. The topological polar surface area (TPSA) is 70.0 Å². The molecule has 1 aromatic carbocycles. The summed E-state index contributed by atoms with van der Waals surface area (Å²) in [6, 6.07) is 8.57. The molecule has 1 fully saturated rings. The fourth-order valence-corrected chi connectivity index (χ4v) is 4.01. The number of hydrogen-bond acceptors (Lipinski definition) is 3. The molecule has 0 atom stereocenters. The maximum Gasteiger partial charge on any atom is 0.240 e. The normalized spacial score (nSPS) is 18.1. The summed E-state index contributed by atoms with van der Waals surface area (Å²) in [5.74, 6) is 0. The lowest BCUT2D eigenvalue weighted by molar-refractivity contribution is 0.219. The molecular weight excluding hydrogens is 284 g/mol. The number of nitrogens with zero attached hydrogens (tertiary/aromatic N) is 1. The monoisotopic (exact) mass is 306 g/mol. The van der Waals surface area contributed by atoms with Crippen LogP contribution in [0, 0.1) is 16.7 Å². The number of nitriles is 1. The maximum absolute atomic E-state index is 12.3. The second-order valence-corrected chi connectivity index (χ2v) is 7.94. The van der Waals surface area contributed by atoms with Gasteiger partial charge in [-0.2, -0.15) is 5.26 Å². The van der Waals surface area contributed by atoms with Crippen molar-refractivity contribution in [2.24, 2.45) is 5.41 Å². The Labute approximate surface area is 127 Å². The molecule has 5 heteroatoms. The van der Waals surface area contributed by atoms with Crippen molar-refractivity contribution in [3.63, 3.8) is 0 Å². The smallest absolute Gasteiger partial charge is 0.211 e. The Hall–Kier alpha value is -1.38. The third-order valence-corrected chi connectivity index (χ3v) is 5.68. The Bertz CT molecular complexity index is 609. The van der Waals surface area contributed by atoms with Gasteiger partial charge < -0.3 is 0 Å². The molecule has 0 radical (unpaired) electrons. The lowest BCUT2D eigenvalue weighted by atomic mass is 9.76. The van der Waals surface area contributed by atoms with Crippen molar-refractivity contribution in [1.82, 2.24) is 4.72 Å². The van der Waals surface area contributed by atoms with Crippen molar-refractivity contribution in [3.8, 4) is 6.07 Å². The Morgan fingerprint density at radius 2 is 1.81 bits per heavy atom. The molecule has 0 aromatic heterocycles. The average molecular weight is 306 g/mol. The van der Waals surface area contributed by atoms with Crippen LogP contribution in [-0.2, 0) is 16.4 Å². The maximum atomic E-state index is 12.3. The molecule has 0 amide bonds. The first-order chi connectivity index (χ1) is 9.95. The predicted octanol–water partition coefficient (Wildman–Crippen LogP) is 3.00. The fraction of sp³-hybridized carbons (Fsp3) is 0.562. The van der Waals surface area contributed by atoms with Crippen LogP contribution in [0.25, 0.3) is 0 Å². The number of benzene rings is 1. The predicted molar refractivity (Wildman–Crippen MR) is 82.1 cm³/mol. The minimum absolute atomic E-state index is 0.0755. The minimum Gasteiger partial charge on any atom is -0.211 e. The van der Waals surface area contributed by atoms with Crippen LogP contribution >= 0.6 is 0 Å². The summed E-state index contributed by atoms with van der Waals surface area (Å²) in [6.07, 6.45) is 6.07.